The van der Waals surface area contributed by atoms with Gasteiger partial charge in [-0.1, -0.05) is 20.8 Å². The summed E-state index contributed by atoms with van der Waals surface area (Å²) in [7, 11) is 0. The third-order valence-electron chi connectivity index (χ3n) is 4.82. The van der Waals surface area contributed by atoms with E-state index in [4.69, 9.17) is 5.73 Å². The Morgan fingerprint density at radius 1 is 1.29 bits per heavy atom. The molecule has 2 N–H and O–H groups in total. The first-order chi connectivity index (χ1) is 7.96. The van der Waals surface area contributed by atoms with Crippen LogP contribution in [0.5, 0.6) is 0 Å². The molecule has 0 saturated heterocycles. The molecule has 0 heterocycles. The molecule has 0 amide bonds. The summed E-state index contributed by atoms with van der Waals surface area (Å²) in [6.07, 6.45) is 5.13. The second kappa shape index (κ2) is 6.19. The minimum absolute atomic E-state index is 0.274. The molecule has 1 fully saturated rings. The lowest BCUT2D eigenvalue weighted by Gasteiger charge is -2.51. The molecular formula is C15H32N2. The minimum Gasteiger partial charge on any atom is -0.329 e. The fourth-order valence-electron chi connectivity index (χ4n) is 3.53. The second-order valence-electron chi connectivity index (χ2n) is 6.41. The van der Waals surface area contributed by atoms with Crippen molar-refractivity contribution in [3.8, 4) is 0 Å². The van der Waals surface area contributed by atoms with E-state index in [-0.39, 0.29) is 5.54 Å². The van der Waals surface area contributed by atoms with Gasteiger partial charge in [0.2, 0.25) is 0 Å². The summed E-state index contributed by atoms with van der Waals surface area (Å²) in [5.41, 5.74) is 6.45. The first-order valence-corrected chi connectivity index (χ1v) is 7.43. The molecule has 2 heteroatoms. The first-order valence-electron chi connectivity index (χ1n) is 7.43. The SMILES string of the molecule is CCCN(C(C)C)C1(CN)CCC(C)C(C)C1. The van der Waals surface area contributed by atoms with Gasteiger partial charge in [-0.2, -0.15) is 0 Å². The number of nitrogens with zero attached hydrogens (tertiary/aromatic N) is 1. The zero-order valence-electron chi connectivity index (χ0n) is 12.5. The molecule has 1 aliphatic carbocycles. The van der Waals surface area contributed by atoms with Gasteiger partial charge in [-0.15, -0.1) is 0 Å². The zero-order chi connectivity index (χ0) is 13.1. The standard InChI is InChI=1S/C15H32N2/c1-6-9-17(12(2)3)15(11-16)8-7-13(4)14(5)10-15/h12-14H,6-11,16H2,1-5H3. The summed E-state index contributed by atoms with van der Waals surface area (Å²) in [5, 5.41) is 0. The molecule has 3 atom stereocenters. The van der Waals surface area contributed by atoms with Gasteiger partial charge in [-0.25, -0.2) is 0 Å². The molecule has 0 aromatic carbocycles. The van der Waals surface area contributed by atoms with Gasteiger partial charge in [-0.05, 0) is 57.9 Å². The first kappa shape index (κ1) is 15.0. The van der Waals surface area contributed by atoms with E-state index in [1.807, 2.05) is 0 Å². The third-order valence-corrected chi connectivity index (χ3v) is 4.82. The molecular weight excluding hydrogens is 208 g/mol. The van der Waals surface area contributed by atoms with E-state index in [1.54, 1.807) is 0 Å². The van der Waals surface area contributed by atoms with Crippen LogP contribution < -0.4 is 5.73 Å². The highest BCUT2D eigenvalue weighted by Gasteiger charge is 2.41. The number of nitrogens with two attached hydrogens (primary N) is 1. The van der Waals surface area contributed by atoms with E-state index in [9.17, 15) is 0 Å². The van der Waals surface area contributed by atoms with E-state index in [1.165, 1.54) is 32.2 Å². The van der Waals surface area contributed by atoms with E-state index in [0.29, 0.717) is 6.04 Å². The van der Waals surface area contributed by atoms with Crippen molar-refractivity contribution in [2.45, 2.75) is 71.9 Å². The summed E-state index contributed by atoms with van der Waals surface area (Å²) in [6, 6.07) is 0.610. The van der Waals surface area contributed by atoms with Gasteiger partial charge >= 0.3 is 0 Å². The molecule has 0 aromatic rings. The third kappa shape index (κ3) is 3.23. The largest absolute Gasteiger partial charge is 0.329 e. The highest BCUT2D eigenvalue weighted by atomic mass is 15.2. The number of hydrogen-bond acceptors (Lipinski definition) is 2. The van der Waals surface area contributed by atoms with Gasteiger partial charge in [0.05, 0.1) is 0 Å². The molecule has 1 saturated carbocycles. The summed E-state index contributed by atoms with van der Waals surface area (Å²) < 4.78 is 0. The minimum atomic E-state index is 0.274. The van der Waals surface area contributed by atoms with Crippen molar-refractivity contribution in [3.05, 3.63) is 0 Å². The topological polar surface area (TPSA) is 29.3 Å². The Morgan fingerprint density at radius 2 is 1.94 bits per heavy atom. The quantitative estimate of drug-likeness (QED) is 0.799. The molecule has 0 aliphatic heterocycles. The highest BCUT2D eigenvalue weighted by Crippen LogP contribution is 2.40. The Hall–Kier alpha value is -0.0800. The molecule has 1 aliphatic rings. The van der Waals surface area contributed by atoms with Crippen molar-refractivity contribution in [2.24, 2.45) is 17.6 Å². The normalized spacial score (nSPS) is 34.6. The van der Waals surface area contributed by atoms with E-state index in [2.05, 4.69) is 39.5 Å². The molecule has 0 bridgehead atoms. The van der Waals surface area contributed by atoms with Crippen LogP contribution in [0.4, 0.5) is 0 Å². The van der Waals surface area contributed by atoms with E-state index < -0.39 is 0 Å². The van der Waals surface area contributed by atoms with Crippen LogP contribution in [-0.2, 0) is 0 Å². The van der Waals surface area contributed by atoms with Crippen molar-refractivity contribution < 1.29 is 0 Å². The lowest BCUT2D eigenvalue weighted by Crippen LogP contribution is -2.59. The molecule has 17 heavy (non-hydrogen) atoms. The van der Waals surface area contributed by atoms with E-state index in [0.717, 1.165) is 18.4 Å². The average molecular weight is 240 g/mol. The van der Waals surface area contributed by atoms with Crippen molar-refractivity contribution in [2.75, 3.05) is 13.1 Å². The Kier molecular flexibility index (Phi) is 5.46. The smallest absolute Gasteiger partial charge is 0.0337 e. The van der Waals surface area contributed by atoms with Crippen LogP contribution in [0.2, 0.25) is 0 Å². The van der Waals surface area contributed by atoms with Crippen molar-refractivity contribution in [1.82, 2.24) is 4.90 Å². The van der Waals surface area contributed by atoms with Crippen LogP contribution in [-0.4, -0.2) is 29.6 Å². The van der Waals surface area contributed by atoms with Crippen LogP contribution in [0.1, 0.15) is 60.3 Å². The molecule has 2 nitrogen and oxygen atoms in total. The van der Waals surface area contributed by atoms with Crippen LogP contribution in [0.3, 0.4) is 0 Å². The summed E-state index contributed by atoms with van der Waals surface area (Å²) in [4.78, 5) is 2.68. The van der Waals surface area contributed by atoms with Crippen LogP contribution in [0.15, 0.2) is 0 Å². The summed E-state index contributed by atoms with van der Waals surface area (Å²) >= 11 is 0. The second-order valence-corrected chi connectivity index (χ2v) is 6.41. The lowest BCUT2D eigenvalue weighted by molar-refractivity contribution is -0.0000527. The molecule has 1 rings (SSSR count). The van der Waals surface area contributed by atoms with Crippen molar-refractivity contribution >= 4 is 0 Å². The zero-order valence-corrected chi connectivity index (χ0v) is 12.5. The molecule has 0 radical (unpaired) electrons. The Labute approximate surface area is 108 Å². The molecule has 0 aromatic heterocycles. The fraction of sp³-hybridized carbons (Fsp3) is 1.00. The Bertz CT molecular complexity index is 227. The van der Waals surface area contributed by atoms with E-state index >= 15 is 0 Å². The average Bonchev–Trinajstić information content (AvgIpc) is 2.30. The molecule has 102 valence electrons. The van der Waals surface area contributed by atoms with Crippen molar-refractivity contribution in [3.63, 3.8) is 0 Å². The van der Waals surface area contributed by atoms with Gasteiger partial charge in [0, 0.05) is 18.1 Å². The van der Waals surface area contributed by atoms with Crippen LogP contribution in [0.25, 0.3) is 0 Å². The Morgan fingerprint density at radius 3 is 2.35 bits per heavy atom. The molecule has 3 unspecified atom stereocenters. The van der Waals surface area contributed by atoms with Crippen LogP contribution >= 0.6 is 0 Å². The van der Waals surface area contributed by atoms with Crippen molar-refractivity contribution in [1.29, 1.82) is 0 Å². The van der Waals surface area contributed by atoms with Gasteiger partial charge in [0.15, 0.2) is 0 Å². The predicted octanol–water partition coefficient (Wildman–Crippen LogP) is 3.26. The van der Waals surface area contributed by atoms with Gasteiger partial charge in [0.1, 0.15) is 0 Å². The summed E-state index contributed by atoms with van der Waals surface area (Å²) in [5.74, 6) is 1.68. The van der Waals surface area contributed by atoms with Crippen LogP contribution in [0, 0.1) is 11.8 Å². The maximum atomic E-state index is 6.17. The number of rotatable bonds is 5. The van der Waals surface area contributed by atoms with Gasteiger partial charge < -0.3 is 5.73 Å². The summed E-state index contributed by atoms with van der Waals surface area (Å²) in [6.45, 7) is 13.7. The molecule has 0 spiro atoms. The number of hydrogen-bond donors (Lipinski definition) is 1. The maximum Gasteiger partial charge on any atom is 0.0337 e. The Balaban J connectivity index is 2.85. The van der Waals surface area contributed by atoms with Gasteiger partial charge in [-0.3, -0.25) is 4.90 Å². The maximum absolute atomic E-state index is 6.17. The lowest BCUT2D eigenvalue weighted by atomic mass is 9.70. The highest BCUT2D eigenvalue weighted by molar-refractivity contribution is 4.98. The monoisotopic (exact) mass is 240 g/mol. The fourth-order valence-corrected chi connectivity index (χ4v) is 3.53. The predicted molar refractivity (Wildman–Crippen MR) is 76.1 cm³/mol. The van der Waals surface area contributed by atoms with Gasteiger partial charge in [0.25, 0.3) is 0 Å².